The molecule has 4 nitrogen and oxygen atoms in total. The van der Waals surface area contributed by atoms with Crippen molar-refractivity contribution in [2.24, 2.45) is 0 Å². The van der Waals surface area contributed by atoms with E-state index in [-0.39, 0.29) is 11.9 Å². The van der Waals surface area contributed by atoms with E-state index in [9.17, 15) is 4.79 Å². The van der Waals surface area contributed by atoms with Crippen LogP contribution in [0.2, 0.25) is 0 Å². The summed E-state index contributed by atoms with van der Waals surface area (Å²) >= 11 is 0. The molecular formula is C20H24N2O2. The van der Waals surface area contributed by atoms with Crippen molar-refractivity contribution in [3.8, 4) is 0 Å². The average molecular weight is 324 g/mol. The van der Waals surface area contributed by atoms with E-state index in [1.165, 1.54) is 0 Å². The molecule has 0 aliphatic carbocycles. The van der Waals surface area contributed by atoms with E-state index in [2.05, 4.69) is 10.2 Å². The molecule has 1 fully saturated rings. The van der Waals surface area contributed by atoms with E-state index in [1.807, 2.05) is 62.4 Å². The smallest absolute Gasteiger partial charge is 0.246 e. The molecule has 0 unspecified atom stereocenters. The molecule has 2 aromatic rings. The minimum Gasteiger partial charge on any atom is -0.379 e. The summed E-state index contributed by atoms with van der Waals surface area (Å²) in [6, 6.07) is 15.7. The summed E-state index contributed by atoms with van der Waals surface area (Å²) in [5.41, 5.74) is 4.09. The van der Waals surface area contributed by atoms with Crippen LogP contribution >= 0.6 is 0 Å². The van der Waals surface area contributed by atoms with E-state index in [0.717, 1.165) is 35.5 Å². The molecule has 0 bridgehead atoms. The van der Waals surface area contributed by atoms with E-state index in [1.54, 1.807) is 0 Å². The van der Waals surface area contributed by atoms with Gasteiger partial charge in [-0.3, -0.25) is 9.69 Å². The number of nitrogens with one attached hydrogen (secondary N) is 1. The highest BCUT2D eigenvalue weighted by Gasteiger charge is 2.29. The number of amides is 1. The molecule has 4 heteroatoms. The zero-order valence-electron chi connectivity index (χ0n) is 14.3. The van der Waals surface area contributed by atoms with Crippen molar-refractivity contribution < 1.29 is 9.53 Å². The lowest BCUT2D eigenvalue weighted by molar-refractivity contribution is -0.123. The van der Waals surface area contributed by atoms with Crippen molar-refractivity contribution in [3.05, 3.63) is 65.2 Å². The predicted molar refractivity (Wildman–Crippen MR) is 96.1 cm³/mol. The minimum absolute atomic E-state index is 0.0144. The summed E-state index contributed by atoms with van der Waals surface area (Å²) in [5.74, 6) is 0.0144. The number of benzene rings is 2. The van der Waals surface area contributed by atoms with Crippen LogP contribution in [0, 0.1) is 13.8 Å². The molecule has 1 atom stereocenters. The third-order valence-electron chi connectivity index (χ3n) is 4.50. The maximum Gasteiger partial charge on any atom is 0.246 e. The Morgan fingerprint density at radius 2 is 1.62 bits per heavy atom. The predicted octanol–water partition coefficient (Wildman–Crippen LogP) is 3.32. The summed E-state index contributed by atoms with van der Waals surface area (Å²) in [7, 11) is 0. The summed E-state index contributed by atoms with van der Waals surface area (Å²) in [6.45, 7) is 6.91. The number of aryl methyl sites for hydroxylation is 2. The molecule has 1 heterocycles. The number of nitrogens with zero attached hydrogens (tertiary/aromatic N) is 1. The largest absolute Gasteiger partial charge is 0.379 e. The maximum atomic E-state index is 13.1. The van der Waals surface area contributed by atoms with Gasteiger partial charge in [-0.15, -0.1) is 0 Å². The zero-order valence-corrected chi connectivity index (χ0v) is 14.3. The Labute approximate surface area is 143 Å². The number of hydrogen-bond donors (Lipinski definition) is 1. The molecule has 1 aliphatic rings. The number of para-hydroxylation sites is 1. The number of ether oxygens (including phenoxy) is 1. The van der Waals surface area contributed by atoms with Crippen LogP contribution < -0.4 is 5.32 Å². The van der Waals surface area contributed by atoms with Gasteiger partial charge in [0.15, 0.2) is 0 Å². The van der Waals surface area contributed by atoms with E-state index in [0.29, 0.717) is 13.2 Å². The fraction of sp³-hybridized carbons (Fsp3) is 0.350. The summed E-state index contributed by atoms with van der Waals surface area (Å²) in [4.78, 5) is 15.3. The lowest BCUT2D eigenvalue weighted by Crippen LogP contribution is -2.44. The van der Waals surface area contributed by atoms with Gasteiger partial charge in [0.25, 0.3) is 0 Å². The van der Waals surface area contributed by atoms with Crippen LogP contribution in [-0.2, 0) is 9.53 Å². The Morgan fingerprint density at radius 1 is 1.00 bits per heavy atom. The summed E-state index contributed by atoms with van der Waals surface area (Å²) < 4.78 is 5.45. The molecule has 1 N–H and O–H groups in total. The Bertz CT molecular complexity index is 674. The lowest BCUT2D eigenvalue weighted by atomic mass is 10.0. The third-order valence-corrected chi connectivity index (χ3v) is 4.50. The van der Waals surface area contributed by atoms with Crippen LogP contribution in [-0.4, -0.2) is 37.1 Å². The van der Waals surface area contributed by atoms with E-state index in [4.69, 9.17) is 4.74 Å². The van der Waals surface area contributed by atoms with Gasteiger partial charge < -0.3 is 10.1 Å². The lowest BCUT2D eigenvalue weighted by Gasteiger charge is -2.34. The number of carbonyl (C=O) groups excluding carboxylic acids is 1. The van der Waals surface area contributed by atoms with Crippen LogP contribution in [0.4, 0.5) is 5.69 Å². The van der Waals surface area contributed by atoms with Crippen molar-refractivity contribution in [1.82, 2.24) is 4.90 Å². The van der Waals surface area contributed by atoms with Crippen molar-refractivity contribution in [2.75, 3.05) is 31.6 Å². The van der Waals surface area contributed by atoms with Gasteiger partial charge in [-0.25, -0.2) is 0 Å². The zero-order chi connectivity index (χ0) is 16.9. The summed E-state index contributed by atoms with van der Waals surface area (Å²) in [5, 5.41) is 3.15. The first-order chi connectivity index (χ1) is 11.7. The number of rotatable bonds is 4. The standard InChI is InChI=1S/C20H24N2O2/c1-15-7-6-8-16(2)18(15)21-20(23)19(17-9-4-3-5-10-17)22-11-13-24-14-12-22/h3-10,19H,11-14H2,1-2H3,(H,21,23)/t19-/m0/s1. The molecule has 0 saturated carbocycles. The first-order valence-corrected chi connectivity index (χ1v) is 8.40. The first kappa shape index (κ1) is 16.7. The Balaban J connectivity index is 1.88. The molecule has 1 amide bonds. The minimum atomic E-state index is -0.297. The van der Waals surface area contributed by atoms with Crippen LogP contribution in [0.15, 0.2) is 48.5 Å². The fourth-order valence-corrected chi connectivity index (χ4v) is 3.20. The van der Waals surface area contributed by atoms with Crippen molar-refractivity contribution in [3.63, 3.8) is 0 Å². The Hall–Kier alpha value is -2.17. The number of carbonyl (C=O) groups is 1. The van der Waals surface area contributed by atoms with Crippen LogP contribution in [0.1, 0.15) is 22.7 Å². The molecule has 2 aromatic carbocycles. The highest BCUT2D eigenvalue weighted by atomic mass is 16.5. The van der Waals surface area contributed by atoms with Gasteiger partial charge in [0.1, 0.15) is 6.04 Å². The van der Waals surface area contributed by atoms with E-state index < -0.39 is 0 Å². The quantitative estimate of drug-likeness (QED) is 0.938. The summed E-state index contributed by atoms with van der Waals surface area (Å²) in [6.07, 6.45) is 0. The maximum absolute atomic E-state index is 13.1. The monoisotopic (exact) mass is 324 g/mol. The van der Waals surface area contributed by atoms with Gasteiger partial charge in [0, 0.05) is 18.8 Å². The van der Waals surface area contributed by atoms with Gasteiger partial charge in [-0.05, 0) is 30.5 Å². The third kappa shape index (κ3) is 3.66. The first-order valence-electron chi connectivity index (χ1n) is 8.40. The van der Waals surface area contributed by atoms with Gasteiger partial charge in [-0.1, -0.05) is 48.5 Å². The average Bonchev–Trinajstić information content (AvgIpc) is 2.60. The van der Waals surface area contributed by atoms with Crippen molar-refractivity contribution >= 4 is 11.6 Å². The van der Waals surface area contributed by atoms with Gasteiger partial charge >= 0.3 is 0 Å². The topological polar surface area (TPSA) is 41.6 Å². The van der Waals surface area contributed by atoms with Crippen molar-refractivity contribution in [2.45, 2.75) is 19.9 Å². The number of hydrogen-bond acceptors (Lipinski definition) is 3. The molecule has 0 spiro atoms. The number of anilines is 1. The second-order valence-corrected chi connectivity index (χ2v) is 6.22. The fourth-order valence-electron chi connectivity index (χ4n) is 3.20. The molecule has 1 saturated heterocycles. The Morgan fingerprint density at radius 3 is 2.25 bits per heavy atom. The SMILES string of the molecule is Cc1cccc(C)c1NC(=O)[C@H](c1ccccc1)N1CCOCC1. The van der Waals surface area contributed by atoms with Crippen LogP contribution in [0.5, 0.6) is 0 Å². The normalized spacial score (nSPS) is 16.6. The van der Waals surface area contributed by atoms with Gasteiger partial charge in [-0.2, -0.15) is 0 Å². The highest BCUT2D eigenvalue weighted by molar-refractivity contribution is 5.96. The second-order valence-electron chi connectivity index (χ2n) is 6.22. The molecular weight excluding hydrogens is 300 g/mol. The second kappa shape index (κ2) is 7.60. The van der Waals surface area contributed by atoms with Crippen molar-refractivity contribution in [1.29, 1.82) is 0 Å². The molecule has 0 radical (unpaired) electrons. The molecule has 0 aromatic heterocycles. The van der Waals surface area contributed by atoms with Crippen LogP contribution in [0.25, 0.3) is 0 Å². The van der Waals surface area contributed by atoms with Gasteiger partial charge in [0.05, 0.1) is 13.2 Å². The van der Waals surface area contributed by atoms with E-state index >= 15 is 0 Å². The Kier molecular flexibility index (Phi) is 5.28. The molecule has 24 heavy (non-hydrogen) atoms. The molecule has 126 valence electrons. The molecule has 1 aliphatic heterocycles. The number of morpholine rings is 1. The van der Waals surface area contributed by atoms with Gasteiger partial charge in [0.2, 0.25) is 5.91 Å². The highest BCUT2D eigenvalue weighted by Crippen LogP contribution is 2.26. The molecule has 3 rings (SSSR count). The van der Waals surface area contributed by atoms with Crippen LogP contribution in [0.3, 0.4) is 0 Å².